The summed E-state index contributed by atoms with van der Waals surface area (Å²) < 4.78 is 0. The lowest BCUT2D eigenvalue weighted by Gasteiger charge is -2.38. The maximum Gasteiger partial charge on any atom is 0.227 e. The molecule has 5 nitrogen and oxygen atoms in total. The van der Waals surface area contributed by atoms with Crippen molar-refractivity contribution in [1.29, 1.82) is 0 Å². The molecule has 2 heterocycles. The van der Waals surface area contributed by atoms with Gasteiger partial charge in [0.05, 0.1) is 12.5 Å². The van der Waals surface area contributed by atoms with Crippen LogP contribution in [0.15, 0.2) is 36.4 Å². The average Bonchev–Trinajstić information content (AvgIpc) is 2.69. The summed E-state index contributed by atoms with van der Waals surface area (Å²) in [5.74, 6) is 0.423. The highest BCUT2D eigenvalue weighted by atomic mass is 16.3. The fraction of sp³-hybridized carbons (Fsp3) is 0.571. The van der Waals surface area contributed by atoms with E-state index in [9.17, 15) is 4.79 Å². The summed E-state index contributed by atoms with van der Waals surface area (Å²) in [6, 6.07) is 10.4. The molecule has 1 aromatic carbocycles. The third-order valence-electron chi connectivity index (χ3n) is 5.43. The molecule has 1 unspecified atom stereocenters. The molecular formula is C21H31N3O2. The fourth-order valence-electron chi connectivity index (χ4n) is 3.91. The summed E-state index contributed by atoms with van der Waals surface area (Å²) in [6.07, 6.45) is 6.41. The minimum absolute atomic E-state index is 0.111. The first-order valence-electron chi connectivity index (χ1n) is 9.82. The van der Waals surface area contributed by atoms with Crippen LogP contribution in [-0.4, -0.2) is 84.7 Å². The number of nitrogens with zero attached hydrogens (tertiary/aromatic N) is 3. The summed E-state index contributed by atoms with van der Waals surface area (Å²) in [6.45, 7) is 7.15. The monoisotopic (exact) mass is 357 g/mol. The van der Waals surface area contributed by atoms with Crippen LogP contribution in [0.4, 0.5) is 0 Å². The number of hydrogen-bond acceptors (Lipinski definition) is 4. The normalized spacial score (nSPS) is 22.8. The van der Waals surface area contributed by atoms with E-state index in [1.807, 2.05) is 11.0 Å². The van der Waals surface area contributed by atoms with Crippen LogP contribution < -0.4 is 0 Å². The van der Waals surface area contributed by atoms with Gasteiger partial charge >= 0.3 is 0 Å². The average molecular weight is 357 g/mol. The predicted molar refractivity (Wildman–Crippen MR) is 105 cm³/mol. The molecule has 5 heteroatoms. The van der Waals surface area contributed by atoms with E-state index in [0.29, 0.717) is 12.5 Å². The van der Waals surface area contributed by atoms with E-state index in [0.717, 1.165) is 58.7 Å². The van der Waals surface area contributed by atoms with Gasteiger partial charge in [0.2, 0.25) is 5.91 Å². The third kappa shape index (κ3) is 5.40. The van der Waals surface area contributed by atoms with E-state index >= 15 is 0 Å². The lowest BCUT2D eigenvalue weighted by Crippen LogP contribution is -2.52. The van der Waals surface area contributed by atoms with E-state index in [4.69, 9.17) is 5.11 Å². The van der Waals surface area contributed by atoms with Gasteiger partial charge in [-0.1, -0.05) is 42.5 Å². The number of aliphatic hydroxyl groups excluding tert-OH is 1. The Morgan fingerprint density at radius 1 is 1.08 bits per heavy atom. The van der Waals surface area contributed by atoms with Gasteiger partial charge in [0, 0.05) is 45.8 Å². The number of β-amino-alcohol motifs (C(OH)–C–C–N with tert-alkyl or cyclic N) is 1. The fourth-order valence-corrected chi connectivity index (χ4v) is 3.91. The maximum atomic E-state index is 12.8. The molecule has 0 radical (unpaired) electrons. The van der Waals surface area contributed by atoms with Crippen LogP contribution in [0.2, 0.25) is 0 Å². The van der Waals surface area contributed by atoms with Gasteiger partial charge in [0.15, 0.2) is 0 Å². The first kappa shape index (κ1) is 19.1. The Morgan fingerprint density at radius 2 is 1.85 bits per heavy atom. The SMILES string of the molecule is O=C(C1CCCN(CCO)C1)N1CCN(CC=Cc2ccccc2)CC1. The van der Waals surface area contributed by atoms with Gasteiger partial charge in [-0.2, -0.15) is 0 Å². The second-order valence-electron chi connectivity index (χ2n) is 7.30. The van der Waals surface area contributed by atoms with Crippen LogP contribution in [0.5, 0.6) is 0 Å². The Bertz CT molecular complexity index is 580. The highest BCUT2D eigenvalue weighted by Crippen LogP contribution is 2.19. The standard InChI is InChI=1S/C21H31N3O2/c25-17-16-23-11-5-9-20(18-23)21(26)24-14-12-22(13-15-24)10-4-8-19-6-2-1-3-7-19/h1-4,6-8,20,25H,5,9-18H2. The molecule has 0 aromatic heterocycles. The summed E-state index contributed by atoms with van der Waals surface area (Å²) >= 11 is 0. The maximum absolute atomic E-state index is 12.8. The molecular weight excluding hydrogens is 326 g/mol. The summed E-state index contributed by atoms with van der Waals surface area (Å²) in [7, 11) is 0. The highest BCUT2D eigenvalue weighted by Gasteiger charge is 2.30. The van der Waals surface area contributed by atoms with Crippen LogP contribution in [0.1, 0.15) is 18.4 Å². The number of carbonyl (C=O) groups is 1. The number of aliphatic hydroxyl groups is 1. The molecule has 0 aliphatic carbocycles. The van der Waals surface area contributed by atoms with Crippen molar-refractivity contribution in [3.05, 3.63) is 42.0 Å². The van der Waals surface area contributed by atoms with Crippen molar-refractivity contribution in [2.45, 2.75) is 12.8 Å². The Balaban J connectivity index is 1.41. The third-order valence-corrected chi connectivity index (χ3v) is 5.43. The molecule has 0 bridgehead atoms. The second-order valence-corrected chi connectivity index (χ2v) is 7.30. The number of rotatable bonds is 6. The second kappa shape index (κ2) is 9.86. The quantitative estimate of drug-likeness (QED) is 0.839. The molecule has 2 aliphatic rings. The molecule has 0 spiro atoms. The zero-order chi connectivity index (χ0) is 18.2. The van der Waals surface area contributed by atoms with Crippen LogP contribution in [0, 0.1) is 5.92 Å². The van der Waals surface area contributed by atoms with Crippen LogP contribution >= 0.6 is 0 Å². The molecule has 142 valence electrons. The number of benzene rings is 1. The Kier molecular flexibility index (Phi) is 7.23. The molecule has 3 rings (SSSR count). The molecule has 1 amide bonds. The van der Waals surface area contributed by atoms with Crippen molar-refractivity contribution >= 4 is 12.0 Å². The lowest BCUT2D eigenvalue weighted by atomic mass is 9.96. The molecule has 1 N–H and O–H groups in total. The highest BCUT2D eigenvalue weighted by molar-refractivity contribution is 5.79. The number of likely N-dealkylation sites (tertiary alicyclic amines) is 1. The minimum Gasteiger partial charge on any atom is -0.395 e. The van der Waals surface area contributed by atoms with Crippen molar-refractivity contribution in [2.75, 3.05) is 59.0 Å². The molecule has 2 fully saturated rings. The summed E-state index contributed by atoms with van der Waals surface area (Å²) in [5, 5.41) is 9.12. The smallest absolute Gasteiger partial charge is 0.227 e. The van der Waals surface area contributed by atoms with E-state index < -0.39 is 0 Å². The number of carbonyl (C=O) groups excluding carboxylic acids is 1. The molecule has 2 saturated heterocycles. The Hall–Kier alpha value is -1.69. The summed E-state index contributed by atoms with van der Waals surface area (Å²) in [4.78, 5) is 19.5. The van der Waals surface area contributed by atoms with Crippen LogP contribution in [0.3, 0.4) is 0 Å². The van der Waals surface area contributed by atoms with Gasteiger partial charge in [-0.3, -0.25) is 9.69 Å². The van der Waals surface area contributed by atoms with Crippen molar-refractivity contribution in [3.63, 3.8) is 0 Å². The van der Waals surface area contributed by atoms with E-state index in [2.05, 4.69) is 46.2 Å². The number of piperidine rings is 1. The number of hydrogen-bond donors (Lipinski definition) is 1. The first-order valence-corrected chi connectivity index (χ1v) is 9.82. The lowest BCUT2D eigenvalue weighted by molar-refractivity contribution is -0.139. The molecule has 0 saturated carbocycles. The van der Waals surface area contributed by atoms with E-state index in [1.54, 1.807) is 0 Å². The van der Waals surface area contributed by atoms with E-state index in [1.165, 1.54) is 5.56 Å². The molecule has 26 heavy (non-hydrogen) atoms. The van der Waals surface area contributed by atoms with Gasteiger partial charge in [-0.05, 0) is 24.9 Å². The predicted octanol–water partition coefficient (Wildman–Crippen LogP) is 1.55. The Labute approximate surface area is 156 Å². The molecule has 1 aromatic rings. The van der Waals surface area contributed by atoms with Gasteiger partial charge in [-0.15, -0.1) is 0 Å². The van der Waals surface area contributed by atoms with Gasteiger partial charge in [0.1, 0.15) is 0 Å². The van der Waals surface area contributed by atoms with Crippen LogP contribution in [-0.2, 0) is 4.79 Å². The topological polar surface area (TPSA) is 47.0 Å². The largest absolute Gasteiger partial charge is 0.395 e. The Morgan fingerprint density at radius 3 is 2.58 bits per heavy atom. The summed E-state index contributed by atoms with van der Waals surface area (Å²) in [5.41, 5.74) is 1.23. The zero-order valence-corrected chi connectivity index (χ0v) is 15.6. The zero-order valence-electron chi connectivity index (χ0n) is 15.6. The van der Waals surface area contributed by atoms with Crippen LogP contribution in [0.25, 0.3) is 6.08 Å². The molecule has 2 aliphatic heterocycles. The molecule has 1 atom stereocenters. The van der Waals surface area contributed by atoms with Crippen molar-refractivity contribution < 1.29 is 9.90 Å². The van der Waals surface area contributed by atoms with Gasteiger partial charge < -0.3 is 14.9 Å². The van der Waals surface area contributed by atoms with Gasteiger partial charge in [0.25, 0.3) is 0 Å². The number of piperazine rings is 1. The number of amides is 1. The van der Waals surface area contributed by atoms with E-state index in [-0.39, 0.29) is 12.5 Å². The minimum atomic E-state index is 0.111. The first-order chi connectivity index (χ1) is 12.8. The van der Waals surface area contributed by atoms with Crippen molar-refractivity contribution in [1.82, 2.24) is 14.7 Å². The van der Waals surface area contributed by atoms with Crippen molar-refractivity contribution in [2.24, 2.45) is 5.92 Å². The van der Waals surface area contributed by atoms with Gasteiger partial charge in [-0.25, -0.2) is 0 Å². The van der Waals surface area contributed by atoms with Crippen molar-refractivity contribution in [3.8, 4) is 0 Å².